The Morgan fingerprint density at radius 3 is 2.57 bits per heavy atom. The first kappa shape index (κ1) is 16.7. The van der Waals surface area contributed by atoms with Crippen LogP contribution in [0.4, 0.5) is 4.39 Å². The van der Waals surface area contributed by atoms with Gasteiger partial charge in [-0.15, -0.1) is 12.4 Å². The third-order valence-corrected chi connectivity index (χ3v) is 5.10. The van der Waals surface area contributed by atoms with E-state index in [4.69, 9.17) is 0 Å². The van der Waals surface area contributed by atoms with Crippen molar-refractivity contribution in [1.82, 2.24) is 10.2 Å². The highest BCUT2D eigenvalue weighted by atomic mass is 79.9. The van der Waals surface area contributed by atoms with Gasteiger partial charge in [0.05, 0.1) is 5.56 Å². The third kappa shape index (κ3) is 3.41. The largest absolute Gasteiger partial charge is 0.339 e. The standard InChI is InChI=1S/C15H18BrFN2O.ClH/c16-11-1-2-12(13(17)9-11)14(20)19-7-4-15(5-8-19)3-6-18-10-15;/h1-2,9,18H,3-8,10H2;1H. The smallest absolute Gasteiger partial charge is 0.256 e. The Labute approximate surface area is 138 Å². The number of piperidine rings is 1. The molecule has 0 aromatic heterocycles. The van der Waals surface area contributed by atoms with Gasteiger partial charge in [-0.1, -0.05) is 15.9 Å². The van der Waals surface area contributed by atoms with Gasteiger partial charge in [0, 0.05) is 24.1 Å². The first-order valence-corrected chi connectivity index (χ1v) is 7.84. The van der Waals surface area contributed by atoms with Crippen LogP contribution in [0.1, 0.15) is 29.6 Å². The summed E-state index contributed by atoms with van der Waals surface area (Å²) >= 11 is 3.21. The van der Waals surface area contributed by atoms with Gasteiger partial charge in [-0.3, -0.25) is 4.79 Å². The summed E-state index contributed by atoms with van der Waals surface area (Å²) in [6.07, 6.45) is 3.23. The molecule has 2 saturated heterocycles. The van der Waals surface area contributed by atoms with Crippen molar-refractivity contribution in [3.05, 3.63) is 34.1 Å². The molecule has 0 atom stereocenters. The zero-order valence-corrected chi connectivity index (χ0v) is 14.1. The molecule has 0 radical (unpaired) electrons. The van der Waals surface area contributed by atoms with Gasteiger partial charge in [0.15, 0.2) is 0 Å². The van der Waals surface area contributed by atoms with Crippen molar-refractivity contribution < 1.29 is 9.18 Å². The molecular weight excluding hydrogens is 359 g/mol. The van der Waals surface area contributed by atoms with Gasteiger partial charge in [-0.05, 0) is 49.4 Å². The minimum Gasteiger partial charge on any atom is -0.339 e. The molecule has 116 valence electrons. The fraction of sp³-hybridized carbons (Fsp3) is 0.533. The van der Waals surface area contributed by atoms with E-state index in [1.54, 1.807) is 17.0 Å². The number of hydrogen-bond acceptors (Lipinski definition) is 2. The average molecular weight is 378 g/mol. The molecule has 1 aromatic rings. The quantitative estimate of drug-likeness (QED) is 0.815. The van der Waals surface area contributed by atoms with E-state index in [2.05, 4.69) is 21.2 Å². The monoisotopic (exact) mass is 376 g/mol. The van der Waals surface area contributed by atoms with E-state index in [9.17, 15) is 9.18 Å². The van der Waals surface area contributed by atoms with Crippen LogP contribution in [0.3, 0.4) is 0 Å². The molecule has 3 rings (SSSR count). The predicted octanol–water partition coefficient (Wildman–Crippen LogP) is 3.23. The summed E-state index contributed by atoms with van der Waals surface area (Å²) in [5.74, 6) is -0.636. The van der Waals surface area contributed by atoms with Crippen molar-refractivity contribution in [2.75, 3.05) is 26.2 Å². The fourth-order valence-corrected chi connectivity index (χ4v) is 3.57. The molecule has 2 aliphatic rings. The first-order valence-electron chi connectivity index (χ1n) is 7.05. The number of carbonyl (C=O) groups excluding carboxylic acids is 1. The van der Waals surface area contributed by atoms with Crippen LogP contribution in [0.15, 0.2) is 22.7 Å². The van der Waals surface area contributed by atoms with Crippen LogP contribution in [0.25, 0.3) is 0 Å². The molecule has 3 nitrogen and oxygen atoms in total. The molecule has 0 bridgehead atoms. The Kier molecular flexibility index (Phi) is 5.28. The Balaban J connectivity index is 0.00000161. The third-order valence-electron chi connectivity index (χ3n) is 4.60. The summed E-state index contributed by atoms with van der Waals surface area (Å²) in [7, 11) is 0. The lowest BCUT2D eigenvalue weighted by atomic mass is 9.78. The Hall–Kier alpha value is -0.650. The van der Waals surface area contributed by atoms with Gasteiger partial charge in [0.1, 0.15) is 5.82 Å². The summed E-state index contributed by atoms with van der Waals surface area (Å²) in [6, 6.07) is 4.62. The molecular formula is C15H19BrClFN2O. The minimum atomic E-state index is -0.452. The van der Waals surface area contributed by atoms with E-state index in [0.717, 1.165) is 39.0 Å². The van der Waals surface area contributed by atoms with Crippen LogP contribution < -0.4 is 5.32 Å². The summed E-state index contributed by atoms with van der Waals surface area (Å²) < 4.78 is 14.5. The molecule has 1 spiro atoms. The summed E-state index contributed by atoms with van der Waals surface area (Å²) in [5.41, 5.74) is 0.545. The second-order valence-corrected chi connectivity index (χ2v) is 6.76. The highest BCUT2D eigenvalue weighted by Crippen LogP contribution is 2.37. The number of halogens is 3. The van der Waals surface area contributed by atoms with Crippen molar-refractivity contribution >= 4 is 34.2 Å². The van der Waals surface area contributed by atoms with Gasteiger partial charge in [-0.25, -0.2) is 4.39 Å². The highest BCUT2D eigenvalue weighted by Gasteiger charge is 2.38. The van der Waals surface area contributed by atoms with E-state index in [-0.39, 0.29) is 23.9 Å². The van der Waals surface area contributed by atoms with Crippen molar-refractivity contribution in [2.24, 2.45) is 5.41 Å². The Morgan fingerprint density at radius 1 is 1.29 bits per heavy atom. The van der Waals surface area contributed by atoms with Crippen LogP contribution in [0.2, 0.25) is 0 Å². The maximum Gasteiger partial charge on any atom is 0.256 e. The number of nitrogens with zero attached hydrogens (tertiary/aromatic N) is 1. The molecule has 0 saturated carbocycles. The Morgan fingerprint density at radius 2 is 2.00 bits per heavy atom. The molecule has 2 fully saturated rings. The maximum atomic E-state index is 13.9. The molecule has 1 N–H and O–H groups in total. The normalized spacial score (nSPS) is 20.4. The lowest BCUT2D eigenvalue weighted by molar-refractivity contribution is 0.0603. The molecule has 0 aliphatic carbocycles. The number of benzene rings is 1. The van der Waals surface area contributed by atoms with E-state index in [1.165, 1.54) is 12.5 Å². The lowest BCUT2D eigenvalue weighted by Crippen LogP contribution is -2.44. The molecule has 6 heteroatoms. The minimum absolute atomic E-state index is 0. The number of carbonyl (C=O) groups is 1. The van der Waals surface area contributed by atoms with Crippen LogP contribution in [-0.4, -0.2) is 37.0 Å². The number of likely N-dealkylation sites (tertiary alicyclic amines) is 1. The van der Waals surface area contributed by atoms with Crippen LogP contribution in [0.5, 0.6) is 0 Å². The molecule has 2 aliphatic heterocycles. The van der Waals surface area contributed by atoms with Crippen molar-refractivity contribution in [3.8, 4) is 0 Å². The van der Waals surface area contributed by atoms with E-state index < -0.39 is 5.82 Å². The molecule has 1 aromatic carbocycles. The second kappa shape index (κ2) is 6.63. The molecule has 21 heavy (non-hydrogen) atoms. The van der Waals surface area contributed by atoms with E-state index in [1.807, 2.05) is 0 Å². The highest BCUT2D eigenvalue weighted by molar-refractivity contribution is 9.10. The topological polar surface area (TPSA) is 32.3 Å². The average Bonchev–Trinajstić information content (AvgIpc) is 2.87. The molecule has 0 unspecified atom stereocenters. The number of amides is 1. The van der Waals surface area contributed by atoms with Gasteiger partial charge in [0.2, 0.25) is 0 Å². The van der Waals surface area contributed by atoms with E-state index >= 15 is 0 Å². The number of hydrogen-bond donors (Lipinski definition) is 1. The van der Waals surface area contributed by atoms with Gasteiger partial charge < -0.3 is 10.2 Å². The maximum absolute atomic E-state index is 13.9. The van der Waals surface area contributed by atoms with Crippen molar-refractivity contribution in [2.45, 2.75) is 19.3 Å². The number of nitrogens with one attached hydrogen (secondary N) is 1. The van der Waals surface area contributed by atoms with Crippen LogP contribution in [-0.2, 0) is 0 Å². The zero-order valence-electron chi connectivity index (χ0n) is 11.7. The van der Waals surface area contributed by atoms with Crippen molar-refractivity contribution in [1.29, 1.82) is 0 Å². The fourth-order valence-electron chi connectivity index (χ4n) is 3.24. The first-order chi connectivity index (χ1) is 9.60. The van der Waals surface area contributed by atoms with Crippen LogP contribution >= 0.6 is 28.3 Å². The van der Waals surface area contributed by atoms with Crippen molar-refractivity contribution in [3.63, 3.8) is 0 Å². The Bertz CT molecular complexity index is 524. The van der Waals surface area contributed by atoms with Gasteiger partial charge in [-0.2, -0.15) is 0 Å². The summed E-state index contributed by atoms with van der Waals surface area (Å²) in [5, 5.41) is 3.41. The van der Waals surface area contributed by atoms with Gasteiger partial charge >= 0.3 is 0 Å². The molecule has 2 heterocycles. The van der Waals surface area contributed by atoms with Crippen LogP contribution in [0, 0.1) is 11.2 Å². The molecule has 1 amide bonds. The van der Waals surface area contributed by atoms with E-state index in [0.29, 0.717) is 9.89 Å². The lowest BCUT2D eigenvalue weighted by Gasteiger charge is -2.38. The summed E-state index contributed by atoms with van der Waals surface area (Å²) in [4.78, 5) is 14.2. The predicted molar refractivity (Wildman–Crippen MR) is 86.4 cm³/mol. The summed E-state index contributed by atoms with van der Waals surface area (Å²) in [6.45, 7) is 3.60. The number of rotatable bonds is 1. The SMILES string of the molecule is Cl.O=C(c1ccc(Br)cc1F)N1CCC2(CCNC2)CC1. The zero-order chi connectivity index (χ0) is 14.2. The van der Waals surface area contributed by atoms with Gasteiger partial charge in [0.25, 0.3) is 5.91 Å². The second-order valence-electron chi connectivity index (χ2n) is 5.84.